The largest absolute Gasteiger partial charge is 0.472 e. The highest BCUT2D eigenvalue weighted by Gasteiger charge is 2.30. The third-order valence-corrected chi connectivity index (χ3v) is 14.5. The van der Waals surface area contributed by atoms with E-state index in [2.05, 4.69) is 111 Å². The fourth-order valence-corrected chi connectivity index (χ4v) is 9.38. The first-order chi connectivity index (χ1) is 37.4. The van der Waals surface area contributed by atoms with Crippen molar-refractivity contribution in [2.75, 3.05) is 40.9 Å². The lowest BCUT2D eigenvalue weighted by Crippen LogP contribution is -2.47. The minimum Gasteiger partial charge on any atom is -0.456 e. The summed E-state index contributed by atoms with van der Waals surface area (Å²) in [5, 5.41) is 3.05. The van der Waals surface area contributed by atoms with Crippen LogP contribution in [-0.4, -0.2) is 74.3 Å². The molecule has 10 heteroatoms. The maximum Gasteiger partial charge on any atom is 0.472 e. The van der Waals surface area contributed by atoms with Gasteiger partial charge in [-0.1, -0.05) is 240 Å². The van der Waals surface area contributed by atoms with Gasteiger partial charge in [-0.15, -0.1) is 0 Å². The molecule has 0 aromatic rings. The van der Waals surface area contributed by atoms with E-state index in [1.54, 1.807) is 0 Å². The van der Waals surface area contributed by atoms with E-state index in [1.165, 1.54) is 109 Å². The second kappa shape index (κ2) is 56.2. The molecular formula is C67H120N2O7P+. The van der Waals surface area contributed by atoms with Crippen LogP contribution < -0.4 is 5.32 Å². The van der Waals surface area contributed by atoms with Gasteiger partial charge < -0.3 is 19.4 Å². The molecule has 0 spiro atoms. The van der Waals surface area contributed by atoms with E-state index in [4.69, 9.17) is 13.8 Å². The fraction of sp³-hybridized carbons (Fsp3) is 0.731. The Bertz CT molecular complexity index is 1640. The molecule has 9 nitrogen and oxygen atoms in total. The first-order valence-corrected chi connectivity index (χ1v) is 33.1. The predicted octanol–water partition coefficient (Wildman–Crippen LogP) is 19.6. The van der Waals surface area contributed by atoms with Crippen molar-refractivity contribution >= 4 is 19.7 Å². The lowest BCUT2D eigenvalue weighted by Gasteiger charge is -2.27. The Morgan fingerprint density at radius 1 is 0.468 bits per heavy atom. The third kappa shape index (κ3) is 57.4. The van der Waals surface area contributed by atoms with Gasteiger partial charge >= 0.3 is 13.8 Å². The molecule has 3 unspecified atom stereocenters. The summed E-state index contributed by atoms with van der Waals surface area (Å²) in [6.45, 7) is 6.85. The summed E-state index contributed by atoms with van der Waals surface area (Å²) in [5.41, 5.74) is 0. The van der Waals surface area contributed by atoms with Crippen molar-refractivity contribution < 1.29 is 37.3 Å². The summed E-state index contributed by atoms with van der Waals surface area (Å²) < 4.78 is 30.7. The van der Waals surface area contributed by atoms with Crippen LogP contribution in [-0.2, 0) is 27.9 Å². The first-order valence-electron chi connectivity index (χ1n) is 31.6. The molecule has 0 saturated carbocycles. The number of nitrogens with one attached hydrogen (secondary N) is 1. The van der Waals surface area contributed by atoms with Crippen molar-refractivity contribution in [1.29, 1.82) is 0 Å². The molecule has 0 aliphatic carbocycles. The fourth-order valence-electron chi connectivity index (χ4n) is 8.64. The van der Waals surface area contributed by atoms with Crippen LogP contribution >= 0.6 is 7.82 Å². The molecular weight excluding hydrogens is 976 g/mol. The van der Waals surface area contributed by atoms with Gasteiger partial charge in [-0.2, -0.15) is 0 Å². The van der Waals surface area contributed by atoms with E-state index in [0.717, 1.165) is 122 Å². The number of hydrogen-bond donors (Lipinski definition) is 2. The number of unbranched alkanes of at least 4 members (excludes halogenated alkanes) is 26. The molecule has 0 rings (SSSR count). The highest BCUT2D eigenvalue weighted by atomic mass is 31.2. The second-order valence-corrected chi connectivity index (χ2v) is 23.6. The number of amides is 1. The Morgan fingerprint density at radius 2 is 0.831 bits per heavy atom. The van der Waals surface area contributed by atoms with Crippen LogP contribution in [0.2, 0.25) is 0 Å². The molecule has 0 aliphatic rings. The Morgan fingerprint density at radius 3 is 1.27 bits per heavy atom. The molecule has 1 amide bonds. The van der Waals surface area contributed by atoms with Gasteiger partial charge in [-0.05, 0) is 109 Å². The molecule has 2 N–H and O–H groups in total. The SMILES string of the molecule is CC/C=C\C/C=C\C/C=C\C/C=C\C/C=C\CCCCCCCCCC(=O)NC(COP(=O)(O)OCC[N+](C)(C)C)C(/C=C\CCCCCCCCCCC)OC(=O)CCCCCCCCC/C=C\C/C=C\CCCCC. The molecule has 0 radical (unpaired) electrons. The number of nitrogens with zero attached hydrogens (tertiary/aromatic N) is 1. The van der Waals surface area contributed by atoms with Crippen molar-refractivity contribution in [1.82, 2.24) is 5.32 Å². The van der Waals surface area contributed by atoms with Crippen molar-refractivity contribution in [3.8, 4) is 0 Å². The van der Waals surface area contributed by atoms with Gasteiger partial charge in [0, 0.05) is 12.8 Å². The molecule has 3 atom stereocenters. The van der Waals surface area contributed by atoms with Gasteiger partial charge in [0.25, 0.3) is 0 Å². The average Bonchev–Trinajstić information content (AvgIpc) is 3.39. The molecule has 0 saturated heterocycles. The summed E-state index contributed by atoms with van der Waals surface area (Å²) in [5.74, 6) is -0.530. The minimum atomic E-state index is -4.46. The summed E-state index contributed by atoms with van der Waals surface area (Å²) in [6.07, 6.45) is 75.4. The van der Waals surface area contributed by atoms with Crippen LogP contribution in [0.15, 0.2) is 97.2 Å². The van der Waals surface area contributed by atoms with Gasteiger partial charge in [0.2, 0.25) is 5.91 Å². The van der Waals surface area contributed by atoms with Crippen LogP contribution in [0, 0.1) is 0 Å². The second-order valence-electron chi connectivity index (χ2n) is 22.2. The lowest BCUT2D eigenvalue weighted by molar-refractivity contribution is -0.870. The van der Waals surface area contributed by atoms with Gasteiger partial charge in [0.05, 0.1) is 33.8 Å². The highest BCUT2D eigenvalue weighted by molar-refractivity contribution is 7.47. The summed E-state index contributed by atoms with van der Waals surface area (Å²) in [6, 6.07) is -0.863. The standard InChI is InChI=1S/C67H119N2O7P/c1-7-10-13-16-19-22-25-27-29-31-32-33-34-35-36-38-39-41-44-47-50-53-56-59-66(70)68-64(63-75-77(72,73)74-62-61-69(4,5)6)65(58-55-52-49-46-43-24-21-18-15-12-9-3)76-67(71)60-57-54-51-48-45-42-40-37-30-28-26-23-20-17-14-11-8-2/h10,13,19-20,22-23,27-30,32-33,35-36,55,58,64-65H,7-9,11-12,14-18,21,24-26,31,34,37-54,56-57,59-63H2,1-6H3,(H-,68,70,72,73)/p+1/b13-10-,22-19-,23-20-,29-27-,30-28-,33-32-,36-35-,58-55-. The number of likely N-dealkylation sites (N-methyl/N-ethyl adjacent to an activating group) is 1. The van der Waals surface area contributed by atoms with E-state index >= 15 is 0 Å². The molecule has 0 fully saturated rings. The van der Waals surface area contributed by atoms with Gasteiger partial charge in [-0.3, -0.25) is 18.6 Å². The van der Waals surface area contributed by atoms with E-state index in [1.807, 2.05) is 33.3 Å². The van der Waals surface area contributed by atoms with Gasteiger partial charge in [-0.25, -0.2) is 4.57 Å². The maximum atomic E-state index is 13.6. The Hall–Kier alpha value is -3.07. The molecule has 0 aromatic carbocycles. The van der Waals surface area contributed by atoms with Crippen molar-refractivity contribution in [3.05, 3.63) is 97.2 Å². The lowest BCUT2D eigenvalue weighted by atomic mass is 10.1. The Balaban J connectivity index is 5.21. The van der Waals surface area contributed by atoms with Crippen molar-refractivity contribution in [2.45, 2.75) is 277 Å². The Kier molecular flexibility index (Phi) is 54.0. The smallest absolute Gasteiger partial charge is 0.456 e. The van der Waals surface area contributed by atoms with Crippen LogP contribution in [0.5, 0.6) is 0 Å². The highest BCUT2D eigenvalue weighted by Crippen LogP contribution is 2.43. The number of hydrogen-bond acceptors (Lipinski definition) is 6. The summed E-state index contributed by atoms with van der Waals surface area (Å²) in [7, 11) is 1.47. The van der Waals surface area contributed by atoms with E-state index < -0.39 is 20.0 Å². The number of esters is 1. The van der Waals surface area contributed by atoms with Gasteiger partial charge in [0.1, 0.15) is 19.3 Å². The van der Waals surface area contributed by atoms with Crippen LogP contribution in [0.25, 0.3) is 0 Å². The normalized spacial score (nSPS) is 14.3. The average molecular weight is 1100 g/mol. The van der Waals surface area contributed by atoms with Crippen LogP contribution in [0.3, 0.4) is 0 Å². The summed E-state index contributed by atoms with van der Waals surface area (Å²) >= 11 is 0. The monoisotopic (exact) mass is 1100 g/mol. The zero-order valence-corrected chi connectivity index (χ0v) is 51.6. The first kappa shape index (κ1) is 73.9. The van der Waals surface area contributed by atoms with Crippen LogP contribution in [0.1, 0.15) is 265 Å². The molecule has 444 valence electrons. The molecule has 77 heavy (non-hydrogen) atoms. The van der Waals surface area contributed by atoms with E-state index in [0.29, 0.717) is 17.4 Å². The number of phosphoric ester groups is 1. The summed E-state index contributed by atoms with van der Waals surface area (Å²) in [4.78, 5) is 37.7. The zero-order valence-electron chi connectivity index (χ0n) is 50.7. The van der Waals surface area contributed by atoms with Crippen molar-refractivity contribution in [2.24, 2.45) is 0 Å². The minimum absolute atomic E-state index is 0.0321. The maximum absolute atomic E-state index is 13.6. The molecule has 0 aliphatic heterocycles. The molecule has 0 aromatic heterocycles. The number of carbonyl (C=O) groups is 2. The number of carbonyl (C=O) groups excluding carboxylic acids is 2. The number of ether oxygens (including phenoxy) is 1. The third-order valence-electron chi connectivity index (χ3n) is 13.5. The number of quaternary nitrogens is 1. The zero-order chi connectivity index (χ0) is 56.4. The quantitative estimate of drug-likeness (QED) is 0.0205. The molecule has 0 bridgehead atoms. The van der Waals surface area contributed by atoms with Gasteiger partial charge in [0.15, 0.2) is 0 Å². The number of rotatable bonds is 56. The predicted molar refractivity (Wildman–Crippen MR) is 332 cm³/mol. The molecule has 0 heterocycles. The van der Waals surface area contributed by atoms with E-state index in [-0.39, 0.29) is 31.5 Å². The van der Waals surface area contributed by atoms with Crippen LogP contribution in [0.4, 0.5) is 0 Å². The van der Waals surface area contributed by atoms with Crippen molar-refractivity contribution in [3.63, 3.8) is 0 Å². The number of phosphoric acid groups is 1. The number of allylic oxidation sites excluding steroid dienone is 15. The topological polar surface area (TPSA) is 111 Å². The van der Waals surface area contributed by atoms with E-state index in [9.17, 15) is 19.0 Å². The Labute approximate surface area is 475 Å².